The van der Waals surface area contributed by atoms with Crippen LogP contribution in [0.5, 0.6) is 0 Å². The molecule has 1 aromatic carbocycles. The molecule has 1 atom stereocenters. The quantitative estimate of drug-likeness (QED) is 0.148. The number of esters is 2. The van der Waals surface area contributed by atoms with Crippen LogP contribution in [0, 0.1) is 7.14 Å². The molecule has 2 N–H and O–H groups in total. The number of hydrogen-bond donors (Lipinski definition) is 2. The molecule has 34 heavy (non-hydrogen) atoms. The first kappa shape index (κ1) is 31.2. The molecule has 0 heterocycles. The number of carbonyl (C=O) groups excluding carboxylic acids is 5. The van der Waals surface area contributed by atoms with Crippen molar-refractivity contribution in [2.75, 3.05) is 36.0 Å². The number of aliphatic hydroxyl groups is 2. The number of rotatable bonds is 11. The van der Waals surface area contributed by atoms with Crippen molar-refractivity contribution in [2.45, 2.75) is 20.0 Å². The van der Waals surface area contributed by atoms with E-state index >= 15 is 0 Å². The molecular weight excluding hydrogens is 816 g/mol. The Hall–Kier alpha value is -0.830. The fourth-order valence-electron chi connectivity index (χ4n) is 2.61. The van der Waals surface area contributed by atoms with Crippen molar-refractivity contribution in [3.63, 3.8) is 0 Å². The van der Waals surface area contributed by atoms with Gasteiger partial charge in [0.2, 0.25) is 6.10 Å². The summed E-state index contributed by atoms with van der Waals surface area (Å²) in [6, 6.07) is 1.35. The highest BCUT2D eigenvalue weighted by Crippen LogP contribution is 2.36. The molecule has 1 aromatic rings. The summed E-state index contributed by atoms with van der Waals surface area (Å²) in [4.78, 5) is 62.3. The van der Waals surface area contributed by atoms with Gasteiger partial charge in [0.25, 0.3) is 17.1 Å². The third-order valence-corrected chi connectivity index (χ3v) is 7.46. The molecule has 0 radical (unpaired) electrons. The molecule has 0 aliphatic heterocycles. The summed E-state index contributed by atoms with van der Waals surface area (Å²) < 4.78 is 11.3. The maximum Gasteiger partial charge on any atom is 0.303 e. The summed E-state index contributed by atoms with van der Waals surface area (Å²) in [5.41, 5.74) is 0.0578. The molecule has 0 aromatic heterocycles. The number of halogens is 4. The second kappa shape index (κ2) is 14.7. The summed E-state index contributed by atoms with van der Waals surface area (Å²) in [6.45, 7) is 0.783. The Morgan fingerprint density at radius 1 is 1.03 bits per heavy atom. The van der Waals surface area contributed by atoms with Crippen LogP contribution < -0.4 is 3.11 Å². The van der Waals surface area contributed by atoms with Crippen LogP contribution >= 0.6 is 79.6 Å². The van der Waals surface area contributed by atoms with E-state index in [0.717, 1.165) is 17.0 Å². The van der Waals surface area contributed by atoms with Gasteiger partial charge in [-0.25, -0.2) is 3.11 Å². The lowest BCUT2D eigenvalue weighted by atomic mass is 10.1. The van der Waals surface area contributed by atoms with Gasteiger partial charge in [-0.05, 0) is 62.8 Å². The van der Waals surface area contributed by atoms with Gasteiger partial charge in [-0.3, -0.25) is 24.0 Å². The number of ether oxygens (including phenoxy) is 2. The van der Waals surface area contributed by atoms with Gasteiger partial charge >= 0.3 is 11.9 Å². The lowest BCUT2D eigenvalue weighted by Crippen LogP contribution is -2.40. The normalized spacial score (nSPS) is 11.4. The van der Waals surface area contributed by atoms with Crippen LogP contribution in [0.15, 0.2) is 6.07 Å². The van der Waals surface area contributed by atoms with E-state index in [0.29, 0.717) is 0 Å². The average molecular weight is 837 g/mol. The third-order valence-electron chi connectivity index (χ3n) is 4.06. The van der Waals surface area contributed by atoms with Crippen molar-refractivity contribution in [3.05, 3.63) is 24.3 Å². The Bertz CT molecular complexity index is 971. The van der Waals surface area contributed by atoms with E-state index in [-0.39, 0.29) is 50.3 Å². The van der Waals surface area contributed by atoms with Crippen LogP contribution in [0.4, 0.5) is 5.69 Å². The largest absolute Gasteiger partial charge is 0.461 e. The van der Waals surface area contributed by atoms with Crippen LogP contribution in [-0.2, 0) is 23.9 Å². The van der Waals surface area contributed by atoms with Gasteiger partial charge < -0.3 is 24.6 Å². The van der Waals surface area contributed by atoms with Crippen molar-refractivity contribution in [1.82, 2.24) is 4.90 Å². The van der Waals surface area contributed by atoms with Gasteiger partial charge in [0.15, 0.2) is 0 Å². The number of aliphatic hydroxyl groups excluding tert-OH is 2. The standard InChI is InChI=1S/C19H20ClI3N2O9/c1-9(28)33-8-13(34-10(2)29)19(32)25(23)12-7-11(15(21)14(16(12)22)17(20)30)18(31)24(3-5-26)4-6-27/h7,13,26-27H,3-6,8H2,1-2H3. The molecule has 1 unspecified atom stereocenters. The van der Waals surface area contributed by atoms with Crippen LogP contribution in [0.25, 0.3) is 0 Å². The number of hydrogen-bond acceptors (Lipinski definition) is 9. The Labute approximate surface area is 241 Å². The van der Waals surface area contributed by atoms with E-state index in [1.807, 2.05) is 0 Å². The first-order valence-electron chi connectivity index (χ1n) is 9.40. The summed E-state index contributed by atoms with van der Waals surface area (Å²) in [6.07, 6.45) is -1.48. The summed E-state index contributed by atoms with van der Waals surface area (Å²) >= 11 is 11.0. The van der Waals surface area contributed by atoms with E-state index in [2.05, 4.69) is 0 Å². The van der Waals surface area contributed by atoms with Crippen molar-refractivity contribution >= 4 is 114 Å². The molecular formula is C19H20ClI3N2O9. The molecule has 0 saturated carbocycles. The number of nitrogens with zero attached hydrogens (tertiary/aromatic N) is 2. The Kier molecular flexibility index (Phi) is 13.5. The van der Waals surface area contributed by atoms with Gasteiger partial charge in [0.1, 0.15) is 6.61 Å². The average Bonchev–Trinajstić information content (AvgIpc) is 2.74. The zero-order valence-electron chi connectivity index (χ0n) is 17.8. The van der Waals surface area contributed by atoms with Crippen LogP contribution in [0.3, 0.4) is 0 Å². The van der Waals surface area contributed by atoms with Crippen LogP contribution in [-0.4, -0.2) is 83.1 Å². The first-order chi connectivity index (χ1) is 15.9. The molecule has 15 heteroatoms. The highest BCUT2D eigenvalue weighted by Gasteiger charge is 2.33. The van der Waals surface area contributed by atoms with Crippen LogP contribution in [0.1, 0.15) is 34.6 Å². The predicted molar refractivity (Wildman–Crippen MR) is 146 cm³/mol. The molecule has 0 aliphatic carbocycles. The van der Waals surface area contributed by atoms with E-state index in [1.54, 1.807) is 68.0 Å². The maximum absolute atomic E-state index is 13.1. The van der Waals surface area contributed by atoms with Gasteiger partial charge in [-0.2, -0.15) is 0 Å². The van der Waals surface area contributed by atoms with Gasteiger partial charge in [0, 0.05) is 30.5 Å². The highest BCUT2D eigenvalue weighted by atomic mass is 127. The summed E-state index contributed by atoms with van der Waals surface area (Å²) in [5, 5.41) is 17.7. The number of benzene rings is 1. The molecule has 0 spiro atoms. The zero-order valence-corrected chi connectivity index (χ0v) is 25.1. The molecule has 0 aliphatic rings. The van der Waals surface area contributed by atoms with Crippen molar-refractivity contribution in [2.24, 2.45) is 0 Å². The second-order valence-electron chi connectivity index (χ2n) is 6.48. The zero-order chi connectivity index (χ0) is 26.2. The SMILES string of the molecule is CC(=O)OCC(OC(C)=O)C(=O)N(I)c1cc(C(=O)N(CCO)CCO)c(I)c(C(=O)Cl)c1I. The molecule has 188 valence electrons. The smallest absolute Gasteiger partial charge is 0.303 e. The van der Waals surface area contributed by atoms with Crippen molar-refractivity contribution in [3.8, 4) is 0 Å². The van der Waals surface area contributed by atoms with E-state index in [4.69, 9.17) is 21.1 Å². The lowest BCUT2D eigenvalue weighted by molar-refractivity contribution is -0.160. The molecule has 1 rings (SSSR count). The second-order valence-corrected chi connectivity index (χ2v) is 9.94. The maximum atomic E-state index is 13.1. The van der Waals surface area contributed by atoms with E-state index in [9.17, 15) is 34.2 Å². The topological polar surface area (TPSA) is 151 Å². The van der Waals surface area contributed by atoms with Gasteiger partial charge in [-0.1, -0.05) is 0 Å². The Morgan fingerprint density at radius 2 is 1.59 bits per heavy atom. The highest BCUT2D eigenvalue weighted by molar-refractivity contribution is 14.1. The lowest BCUT2D eigenvalue weighted by Gasteiger charge is -2.26. The van der Waals surface area contributed by atoms with Crippen molar-refractivity contribution in [1.29, 1.82) is 0 Å². The third kappa shape index (κ3) is 8.38. The minimum Gasteiger partial charge on any atom is -0.461 e. The number of anilines is 1. The fraction of sp³-hybridized carbons (Fsp3) is 0.421. The summed E-state index contributed by atoms with van der Waals surface area (Å²) in [5.74, 6) is -2.89. The molecule has 11 nitrogen and oxygen atoms in total. The fourth-order valence-corrected chi connectivity index (χ4v) is 6.60. The van der Waals surface area contributed by atoms with Crippen molar-refractivity contribution < 1.29 is 43.7 Å². The molecule has 0 bridgehead atoms. The Balaban J connectivity index is 3.60. The molecule has 0 saturated heterocycles. The number of carbonyl (C=O) groups is 5. The van der Waals surface area contributed by atoms with E-state index in [1.165, 1.54) is 11.0 Å². The molecule has 2 amide bonds. The van der Waals surface area contributed by atoms with Crippen LogP contribution in [0.2, 0.25) is 0 Å². The minimum atomic E-state index is -1.48. The number of amides is 2. The molecule has 0 fully saturated rings. The monoisotopic (exact) mass is 836 g/mol. The van der Waals surface area contributed by atoms with E-state index < -0.39 is 41.7 Å². The summed E-state index contributed by atoms with van der Waals surface area (Å²) in [7, 11) is 0. The minimum absolute atomic E-state index is 0.000374. The van der Waals surface area contributed by atoms with Gasteiger partial charge in [-0.15, -0.1) is 0 Å². The van der Waals surface area contributed by atoms with Gasteiger partial charge in [0.05, 0.1) is 56.5 Å². The Morgan fingerprint density at radius 3 is 2.03 bits per heavy atom. The predicted octanol–water partition coefficient (Wildman–Crippen LogP) is 1.88. The first-order valence-corrected chi connectivity index (χ1v) is 12.9.